The Morgan fingerprint density at radius 1 is 1.43 bits per heavy atom. The van der Waals surface area contributed by atoms with Crippen LogP contribution < -0.4 is 4.74 Å². The van der Waals surface area contributed by atoms with Gasteiger partial charge in [0.1, 0.15) is 5.75 Å². The van der Waals surface area contributed by atoms with Crippen molar-refractivity contribution in [3.8, 4) is 5.75 Å². The van der Waals surface area contributed by atoms with Crippen LogP contribution in [0.2, 0.25) is 0 Å². The molecule has 1 N–H and O–H groups in total. The van der Waals surface area contributed by atoms with E-state index in [1.165, 1.54) is 5.56 Å². The fourth-order valence-electron chi connectivity index (χ4n) is 3.19. The van der Waals surface area contributed by atoms with Crippen molar-refractivity contribution in [3.63, 3.8) is 0 Å². The summed E-state index contributed by atoms with van der Waals surface area (Å²) >= 11 is 0. The third kappa shape index (κ3) is 3.76. The molecule has 2 rings (SSSR count). The van der Waals surface area contributed by atoms with Crippen LogP contribution in [0.5, 0.6) is 5.75 Å². The maximum atomic E-state index is 11.3. The second-order valence-corrected chi connectivity index (χ2v) is 6.00. The molecule has 1 aliphatic heterocycles. The average molecular weight is 291 g/mol. The minimum absolute atomic E-state index is 0.108. The number of carboxylic acid groups (broad SMARTS) is 1. The molecule has 0 saturated carbocycles. The van der Waals surface area contributed by atoms with Gasteiger partial charge in [-0.3, -0.25) is 9.69 Å². The van der Waals surface area contributed by atoms with Crippen LogP contribution in [0.3, 0.4) is 0 Å². The molecule has 1 aromatic rings. The molecule has 1 aromatic carbocycles. The lowest BCUT2D eigenvalue weighted by Gasteiger charge is -2.38. The molecule has 0 spiro atoms. The lowest BCUT2D eigenvalue weighted by atomic mass is 9.89. The summed E-state index contributed by atoms with van der Waals surface area (Å²) in [6.45, 7) is 6.13. The largest absolute Gasteiger partial charge is 0.497 e. The molecule has 0 bridgehead atoms. The summed E-state index contributed by atoms with van der Waals surface area (Å²) < 4.78 is 5.18. The predicted octanol–water partition coefficient (Wildman–Crippen LogP) is 2.98. The normalized spacial score (nSPS) is 24.5. The van der Waals surface area contributed by atoms with Crippen LogP contribution in [-0.2, 0) is 4.79 Å². The van der Waals surface area contributed by atoms with Crippen LogP contribution in [-0.4, -0.2) is 42.2 Å². The van der Waals surface area contributed by atoms with Crippen molar-refractivity contribution in [1.29, 1.82) is 0 Å². The molecule has 1 fully saturated rings. The Bertz CT molecular complexity index is 471. The number of piperidine rings is 1. The minimum atomic E-state index is -0.663. The molecule has 0 aliphatic carbocycles. The zero-order valence-corrected chi connectivity index (χ0v) is 13.1. The van der Waals surface area contributed by atoms with E-state index in [2.05, 4.69) is 24.0 Å². The number of hydrogen-bond acceptors (Lipinski definition) is 3. The van der Waals surface area contributed by atoms with Gasteiger partial charge in [-0.2, -0.15) is 0 Å². The van der Waals surface area contributed by atoms with Crippen LogP contribution in [0, 0.1) is 5.92 Å². The topological polar surface area (TPSA) is 49.8 Å². The summed E-state index contributed by atoms with van der Waals surface area (Å²) in [4.78, 5) is 13.6. The first kappa shape index (κ1) is 15.8. The second-order valence-electron chi connectivity index (χ2n) is 6.00. The summed E-state index contributed by atoms with van der Waals surface area (Å²) in [5, 5.41) is 9.29. The summed E-state index contributed by atoms with van der Waals surface area (Å²) in [5.41, 5.74) is 1.26. The van der Waals surface area contributed by atoms with E-state index >= 15 is 0 Å². The number of nitrogens with zero attached hydrogens (tertiary/aromatic N) is 1. The quantitative estimate of drug-likeness (QED) is 0.906. The number of aliphatic carboxylic acids is 1. The summed E-state index contributed by atoms with van der Waals surface area (Å²) in [5.74, 6) is 0.347. The van der Waals surface area contributed by atoms with Crippen LogP contribution >= 0.6 is 0 Å². The zero-order valence-electron chi connectivity index (χ0n) is 13.1. The molecule has 21 heavy (non-hydrogen) atoms. The van der Waals surface area contributed by atoms with Gasteiger partial charge in [-0.15, -0.1) is 0 Å². The molecule has 4 heteroatoms. The molecule has 116 valence electrons. The fraction of sp³-hybridized carbons (Fsp3) is 0.588. The maximum absolute atomic E-state index is 11.3. The SMILES string of the molecule is COc1ccc(C(C)CN2CCC[C@H](C(=O)O)[C@@H]2C)cc1. The number of hydrogen-bond donors (Lipinski definition) is 1. The molecule has 0 amide bonds. The van der Waals surface area contributed by atoms with Gasteiger partial charge < -0.3 is 9.84 Å². The van der Waals surface area contributed by atoms with Gasteiger partial charge in [0.05, 0.1) is 13.0 Å². The molecular formula is C17H25NO3. The van der Waals surface area contributed by atoms with E-state index in [0.29, 0.717) is 5.92 Å². The molecule has 4 nitrogen and oxygen atoms in total. The highest BCUT2D eigenvalue weighted by Gasteiger charge is 2.33. The highest BCUT2D eigenvalue weighted by molar-refractivity contribution is 5.70. The molecule has 1 saturated heterocycles. The number of likely N-dealkylation sites (tertiary alicyclic amines) is 1. The number of benzene rings is 1. The standard InChI is InChI=1S/C17H25NO3/c1-12(14-6-8-15(21-3)9-7-14)11-18-10-4-5-16(13(18)2)17(19)20/h6-9,12-13,16H,4-5,10-11H2,1-3H3,(H,19,20)/t12?,13-,16-/m0/s1. The molecule has 0 aromatic heterocycles. The van der Waals surface area contributed by atoms with Crippen molar-refractivity contribution in [2.75, 3.05) is 20.2 Å². The third-order valence-corrected chi connectivity index (χ3v) is 4.63. The number of rotatable bonds is 5. The lowest BCUT2D eigenvalue weighted by molar-refractivity contribution is -0.145. The van der Waals surface area contributed by atoms with Crippen molar-refractivity contribution in [3.05, 3.63) is 29.8 Å². The number of ether oxygens (including phenoxy) is 1. The molecule has 0 radical (unpaired) electrons. The lowest BCUT2D eigenvalue weighted by Crippen LogP contribution is -2.47. The summed E-state index contributed by atoms with van der Waals surface area (Å²) in [6, 6.07) is 8.24. The number of carboxylic acids is 1. The first-order valence-electron chi connectivity index (χ1n) is 7.63. The van der Waals surface area contributed by atoms with Gasteiger partial charge in [0, 0.05) is 12.6 Å². The molecule has 1 aliphatic rings. The summed E-state index contributed by atoms with van der Waals surface area (Å²) in [7, 11) is 1.67. The first-order chi connectivity index (χ1) is 10.0. The van der Waals surface area contributed by atoms with E-state index in [4.69, 9.17) is 4.74 Å². The maximum Gasteiger partial charge on any atom is 0.308 e. The van der Waals surface area contributed by atoms with Crippen molar-refractivity contribution >= 4 is 5.97 Å². The molecule has 1 unspecified atom stereocenters. The minimum Gasteiger partial charge on any atom is -0.497 e. The predicted molar refractivity (Wildman–Crippen MR) is 82.8 cm³/mol. The smallest absolute Gasteiger partial charge is 0.308 e. The fourth-order valence-corrected chi connectivity index (χ4v) is 3.19. The Hall–Kier alpha value is -1.55. The monoisotopic (exact) mass is 291 g/mol. The van der Waals surface area contributed by atoms with Crippen LogP contribution in [0.4, 0.5) is 0 Å². The Morgan fingerprint density at radius 2 is 2.10 bits per heavy atom. The van der Waals surface area contributed by atoms with Crippen LogP contribution in [0.1, 0.15) is 38.2 Å². The van der Waals surface area contributed by atoms with Crippen LogP contribution in [0.15, 0.2) is 24.3 Å². The van der Waals surface area contributed by atoms with Crippen molar-refractivity contribution < 1.29 is 14.6 Å². The average Bonchev–Trinajstić information content (AvgIpc) is 2.49. The highest BCUT2D eigenvalue weighted by atomic mass is 16.5. The van der Waals surface area contributed by atoms with E-state index in [1.54, 1.807) is 7.11 Å². The van der Waals surface area contributed by atoms with Gasteiger partial charge in [-0.1, -0.05) is 19.1 Å². The van der Waals surface area contributed by atoms with E-state index in [9.17, 15) is 9.90 Å². The first-order valence-corrected chi connectivity index (χ1v) is 7.63. The van der Waals surface area contributed by atoms with Gasteiger partial charge in [-0.25, -0.2) is 0 Å². The van der Waals surface area contributed by atoms with Gasteiger partial charge in [0.25, 0.3) is 0 Å². The van der Waals surface area contributed by atoms with Crippen molar-refractivity contribution in [1.82, 2.24) is 4.90 Å². The third-order valence-electron chi connectivity index (χ3n) is 4.63. The van der Waals surface area contributed by atoms with Crippen molar-refractivity contribution in [2.24, 2.45) is 5.92 Å². The molecule has 3 atom stereocenters. The van der Waals surface area contributed by atoms with E-state index in [1.807, 2.05) is 19.1 Å². The van der Waals surface area contributed by atoms with Crippen LogP contribution in [0.25, 0.3) is 0 Å². The Morgan fingerprint density at radius 3 is 2.67 bits per heavy atom. The summed E-state index contributed by atoms with van der Waals surface area (Å²) in [6.07, 6.45) is 1.76. The van der Waals surface area contributed by atoms with E-state index in [0.717, 1.165) is 31.7 Å². The Labute approximate surface area is 126 Å². The zero-order chi connectivity index (χ0) is 15.4. The Balaban J connectivity index is 2.00. The second kappa shape index (κ2) is 6.94. The number of carbonyl (C=O) groups is 1. The molecule has 1 heterocycles. The van der Waals surface area contributed by atoms with E-state index < -0.39 is 5.97 Å². The number of methoxy groups -OCH3 is 1. The Kier molecular flexibility index (Phi) is 5.23. The van der Waals surface area contributed by atoms with Gasteiger partial charge in [0.15, 0.2) is 0 Å². The van der Waals surface area contributed by atoms with Gasteiger partial charge >= 0.3 is 5.97 Å². The highest BCUT2D eigenvalue weighted by Crippen LogP contribution is 2.27. The van der Waals surface area contributed by atoms with Crippen molar-refractivity contribution in [2.45, 2.75) is 38.6 Å². The molecular weight excluding hydrogens is 266 g/mol. The van der Waals surface area contributed by atoms with E-state index in [-0.39, 0.29) is 12.0 Å². The van der Waals surface area contributed by atoms with Gasteiger partial charge in [-0.05, 0) is 49.9 Å². The van der Waals surface area contributed by atoms with Gasteiger partial charge in [0.2, 0.25) is 0 Å².